The van der Waals surface area contributed by atoms with Crippen LogP contribution in [0.3, 0.4) is 0 Å². The molecule has 0 aromatic heterocycles. The van der Waals surface area contributed by atoms with Crippen molar-refractivity contribution in [3.63, 3.8) is 0 Å². The summed E-state index contributed by atoms with van der Waals surface area (Å²) in [4.78, 5) is 53.0. The maximum atomic E-state index is 14.1. The Labute approximate surface area is 264 Å². The van der Waals surface area contributed by atoms with E-state index in [-0.39, 0.29) is 29.7 Å². The fourth-order valence-corrected chi connectivity index (χ4v) is 7.10. The summed E-state index contributed by atoms with van der Waals surface area (Å²) in [6.07, 6.45) is 0.0800. The Bertz CT molecular complexity index is 1730. The van der Waals surface area contributed by atoms with Crippen LogP contribution in [-0.2, 0) is 36.9 Å². The number of nitrogens with zero attached hydrogens (tertiary/aromatic N) is 1. The van der Waals surface area contributed by atoms with Gasteiger partial charge in [-0.05, 0) is 74.7 Å². The SMILES string of the molecule is COC(=O)C(C)NCc1ccc(OC)c(-c2ccc(O)c3c2C[C@H]2C[C@H]4C(N(C)C)C(=O)C(C(N)=O)=C(O)[C@@]4(O)C(=O)C2=C3O)c1. The zero-order valence-corrected chi connectivity index (χ0v) is 26.1. The number of esters is 1. The molecule has 3 aliphatic rings. The number of likely N-dealkylation sites (N-methyl/N-ethyl adjacent to an activating group) is 1. The second-order valence-corrected chi connectivity index (χ2v) is 12.1. The molecular weight excluding hydrogens is 598 g/mol. The lowest BCUT2D eigenvalue weighted by Crippen LogP contribution is -2.65. The van der Waals surface area contributed by atoms with Gasteiger partial charge in [0.05, 0.1) is 25.8 Å². The molecule has 13 heteroatoms. The number of rotatable bonds is 8. The Morgan fingerprint density at radius 1 is 1.11 bits per heavy atom. The molecule has 0 radical (unpaired) electrons. The van der Waals surface area contributed by atoms with Gasteiger partial charge < -0.3 is 41.0 Å². The minimum atomic E-state index is -2.72. The number of methoxy groups -OCH3 is 2. The van der Waals surface area contributed by atoms with Crippen LogP contribution in [0.1, 0.15) is 30.0 Å². The van der Waals surface area contributed by atoms with Crippen LogP contribution in [0.4, 0.5) is 0 Å². The summed E-state index contributed by atoms with van der Waals surface area (Å²) in [5, 5.41) is 48.5. The lowest BCUT2D eigenvalue weighted by molar-refractivity contribution is -0.153. The van der Waals surface area contributed by atoms with Gasteiger partial charge in [-0.15, -0.1) is 0 Å². The topological polar surface area (TPSA) is 209 Å². The van der Waals surface area contributed by atoms with E-state index in [1.165, 1.54) is 25.2 Å². The van der Waals surface area contributed by atoms with Gasteiger partial charge in [0.1, 0.15) is 34.6 Å². The summed E-state index contributed by atoms with van der Waals surface area (Å²) < 4.78 is 10.4. The summed E-state index contributed by atoms with van der Waals surface area (Å²) in [6.45, 7) is 1.99. The molecule has 0 heterocycles. The highest BCUT2D eigenvalue weighted by Gasteiger charge is 2.64. The Morgan fingerprint density at radius 3 is 2.41 bits per heavy atom. The van der Waals surface area contributed by atoms with Crippen molar-refractivity contribution in [2.75, 3.05) is 28.3 Å². The van der Waals surface area contributed by atoms with Crippen LogP contribution in [0.25, 0.3) is 16.9 Å². The maximum absolute atomic E-state index is 14.1. The number of phenolic OH excluding ortho intramolecular Hbond substituents is 1. The number of aliphatic hydroxyl groups excluding tert-OH is 2. The van der Waals surface area contributed by atoms with Crippen LogP contribution in [0.15, 0.2) is 47.2 Å². The van der Waals surface area contributed by atoms with Gasteiger partial charge in [0.15, 0.2) is 11.4 Å². The molecule has 2 aromatic carbocycles. The third-order valence-corrected chi connectivity index (χ3v) is 9.33. The van der Waals surface area contributed by atoms with Crippen molar-refractivity contribution < 1.29 is 49.1 Å². The number of aromatic hydroxyl groups is 1. The van der Waals surface area contributed by atoms with Crippen molar-refractivity contribution in [2.45, 2.75) is 44.0 Å². The van der Waals surface area contributed by atoms with Crippen LogP contribution >= 0.6 is 0 Å². The standard InChI is InChI=1S/C33H37N3O10/c1-14(32(43)46-5)35-13-15-6-9-22(45-4)18(10-15)17-7-8-21(37)24-19(17)11-16-12-20-26(36(2)3)28(39)25(31(34)42)30(41)33(20,44)29(40)23(16)27(24)38/h6-10,14,16,20,26,35,37-38,41,44H,11-13H2,1-5H3,(H2,34,42)/t14?,16-,20-,26?,33-/m0/s1. The van der Waals surface area contributed by atoms with E-state index >= 15 is 0 Å². The third kappa shape index (κ3) is 4.91. The molecule has 0 bridgehead atoms. The maximum Gasteiger partial charge on any atom is 0.322 e. The van der Waals surface area contributed by atoms with Gasteiger partial charge in [-0.2, -0.15) is 0 Å². The van der Waals surface area contributed by atoms with Gasteiger partial charge in [0, 0.05) is 23.6 Å². The number of carbonyl (C=O) groups is 4. The number of amides is 1. The first kappa shape index (κ1) is 32.7. The molecule has 5 rings (SSSR count). The number of primary amides is 1. The molecule has 0 spiro atoms. The second-order valence-electron chi connectivity index (χ2n) is 12.1. The van der Waals surface area contributed by atoms with Gasteiger partial charge in [-0.3, -0.25) is 24.1 Å². The number of benzene rings is 2. The number of Topliss-reactive ketones (excluding diaryl/α,β-unsaturated/α-hetero) is 2. The number of fused-ring (bicyclic) bond motifs is 3. The molecule has 2 aromatic rings. The highest BCUT2D eigenvalue weighted by atomic mass is 16.5. The van der Waals surface area contributed by atoms with Crippen LogP contribution in [-0.4, -0.2) is 94.8 Å². The molecule has 5 atom stereocenters. The number of nitrogens with two attached hydrogens (primary N) is 1. The smallest absolute Gasteiger partial charge is 0.322 e. The minimum absolute atomic E-state index is 0.0290. The minimum Gasteiger partial charge on any atom is -0.508 e. The number of ketones is 2. The number of hydrogen-bond donors (Lipinski definition) is 6. The lowest BCUT2D eigenvalue weighted by atomic mass is 9.57. The molecule has 0 aliphatic heterocycles. The molecular formula is C33H37N3O10. The van der Waals surface area contributed by atoms with E-state index in [1.54, 1.807) is 33.2 Å². The first-order valence-corrected chi connectivity index (χ1v) is 14.7. The predicted molar refractivity (Wildman–Crippen MR) is 165 cm³/mol. The Kier molecular flexibility index (Phi) is 8.45. The van der Waals surface area contributed by atoms with E-state index in [1.807, 2.05) is 12.1 Å². The van der Waals surface area contributed by atoms with E-state index in [0.717, 1.165) is 5.56 Å². The summed E-state index contributed by atoms with van der Waals surface area (Å²) in [7, 11) is 5.90. The van der Waals surface area contributed by atoms with Gasteiger partial charge in [-0.25, -0.2) is 0 Å². The molecule has 1 amide bonds. The zero-order chi connectivity index (χ0) is 33.8. The number of nitrogens with one attached hydrogen (secondary N) is 1. The number of phenols is 1. The first-order chi connectivity index (χ1) is 21.7. The first-order valence-electron chi connectivity index (χ1n) is 14.7. The average Bonchev–Trinajstić information content (AvgIpc) is 3.00. The summed E-state index contributed by atoms with van der Waals surface area (Å²) in [5.41, 5.74) is 4.04. The largest absolute Gasteiger partial charge is 0.508 e. The van der Waals surface area contributed by atoms with E-state index in [4.69, 9.17) is 15.2 Å². The molecule has 1 saturated carbocycles. The van der Waals surface area contributed by atoms with Crippen LogP contribution in [0.5, 0.6) is 11.5 Å². The molecule has 13 nitrogen and oxygen atoms in total. The Balaban J connectivity index is 1.65. The molecule has 3 aliphatic carbocycles. The Hall–Kier alpha value is -4.72. The highest BCUT2D eigenvalue weighted by molar-refractivity contribution is 6.24. The van der Waals surface area contributed by atoms with Gasteiger partial charge >= 0.3 is 5.97 Å². The molecule has 2 unspecified atom stereocenters. The van der Waals surface area contributed by atoms with E-state index < -0.39 is 70.1 Å². The monoisotopic (exact) mass is 635 g/mol. The van der Waals surface area contributed by atoms with E-state index in [2.05, 4.69) is 5.32 Å². The molecule has 46 heavy (non-hydrogen) atoms. The van der Waals surface area contributed by atoms with Gasteiger partial charge in [0.2, 0.25) is 5.78 Å². The fourth-order valence-electron chi connectivity index (χ4n) is 7.10. The van der Waals surface area contributed by atoms with Crippen molar-refractivity contribution >= 4 is 29.2 Å². The lowest BCUT2D eigenvalue weighted by Gasteiger charge is -2.50. The summed E-state index contributed by atoms with van der Waals surface area (Å²) in [5.74, 6) is -7.10. The predicted octanol–water partition coefficient (Wildman–Crippen LogP) is 1.29. The molecule has 7 N–H and O–H groups in total. The number of aliphatic hydroxyl groups is 3. The van der Waals surface area contributed by atoms with E-state index in [0.29, 0.717) is 29.0 Å². The van der Waals surface area contributed by atoms with Crippen molar-refractivity contribution in [1.29, 1.82) is 0 Å². The quantitative estimate of drug-likeness (QED) is 0.179. The zero-order valence-electron chi connectivity index (χ0n) is 26.1. The summed E-state index contributed by atoms with van der Waals surface area (Å²) in [6, 6.07) is 6.71. The third-order valence-electron chi connectivity index (χ3n) is 9.33. The van der Waals surface area contributed by atoms with Crippen LogP contribution < -0.4 is 15.8 Å². The molecule has 244 valence electrons. The number of ether oxygens (including phenoxy) is 2. The number of hydrogen-bond acceptors (Lipinski definition) is 12. The van der Waals surface area contributed by atoms with Crippen LogP contribution in [0, 0.1) is 11.8 Å². The number of carbonyl (C=O) groups excluding carboxylic acids is 4. The molecule has 1 fully saturated rings. The Morgan fingerprint density at radius 2 is 1.80 bits per heavy atom. The van der Waals surface area contributed by atoms with Crippen LogP contribution in [0.2, 0.25) is 0 Å². The summed E-state index contributed by atoms with van der Waals surface area (Å²) >= 11 is 0. The second kappa shape index (κ2) is 11.9. The van der Waals surface area contributed by atoms with Crippen molar-refractivity contribution in [2.24, 2.45) is 17.6 Å². The average molecular weight is 636 g/mol. The molecule has 0 saturated heterocycles. The normalized spacial score (nSPS) is 24.7. The van der Waals surface area contributed by atoms with Gasteiger partial charge in [-0.1, -0.05) is 12.1 Å². The van der Waals surface area contributed by atoms with Crippen molar-refractivity contribution in [1.82, 2.24) is 10.2 Å². The van der Waals surface area contributed by atoms with E-state index in [9.17, 15) is 39.6 Å². The highest BCUT2D eigenvalue weighted by Crippen LogP contribution is 2.54. The fraction of sp³-hybridized carbons (Fsp3) is 0.394. The van der Waals surface area contributed by atoms with Crippen molar-refractivity contribution in [3.05, 3.63) is 63.9 Å². The van der Waals surface area contributed by atoms with Crippen molar-refractivity contribution in [3.8, 4) is 22.6 Å². The van der Waals surface area contributed by atoms with Gasteiger partial charge in [0.25, 0.3) is 5.91 Å².